The molecule has 5 nitrogen and oxygen atoms in total. The summed E-state index contributed by atoms with van der Waals surface area (Å²) in [6.07, 6.45) is 7.13. The van der Waals surface area contributed by atoms with Crippen LogP contribution >= 0.6 is 0 Å². The molecule has 3 fully saturated rings. The van der Waals surface area contributed by atoms with E-state index in [4.69, 9.17) is 4.74 Å². The highest BCUT2D eigenvalue weighted by atomic mass is 19.1. The molecule has 6 heteroatoms. The van der Waals surface area contributed by atoms with Gasteiger partial charge in [0, 0.05) is 18.2 Å². The fourth-order valence-corrected chi connectivity index (χ4v) is 4.73. The summed E-state index contributed by atoms with van der Waals surface area (Å²) in [6, 6.07) is 6.10. The number of nitrogens with zero attached hydrogens (tertiary/aromatic N) is 2. The van der Waals surface area contributed by atoms with Crippen LogP contribution in [-0.4, -0.2) is 48.6 Å². The fourth-order valence-electron chi connectivity index (χ4n) is 4.73. The van der Waals surface area contributed by atoms with Gasteiger partial charge in [-0.25, -0.2) is 4.39 Å². The molecule has 1 saturated carbocycles. The number of ether oxygens (including phenoxy) is 1. The van der Waals surface area contributed by atoms with E-state index in [0.29, 0.717) is 18.8 Å². The van der Waals surface area contributed by atoms with E-state index in [2.05, 4.69) is 0 Å². The third-order valence-corrected chi connectivity index (χ3v) is 6.17. The van der Waals surface area contributed by atoms with Gasteiger partial charge in [-0.3, -0.25) is 9.59 Å². The Morgan fingerprint density at radius 3 is 2.74 bits per heavy atom. The third-order valence-electron chi connectivity index (χ3n) is 6.17. The summed E-state index contributed by atoms with van der Waals surface area (Å²) >= 11 is 0. The van der Waals surface area contributed by atoms with E-state index in [1.807, 2.05) is 4.90 Å². The zero-order valence-corrected chi connectivity index (χ0v) is 15.7. The highest BCUT2D eigenvalue weighted by Gasteiger charge is 2.45. The molecule has 0 radical (unpaired) electrons. The van der Waals surface area contributed by atoms with E-state index in [9.17, 15) is 14.0 Å². The second kappa shape index (κ2) is 7.58. The molecule has 1 aromatic rings. The van der Waals surface area contributed by atoms with Gasteiger partial charge in [0.25, 0.3) is 5.91 Å². The van der Waals surface area contributed by atoms with E-state index >= 15 is 0 Å². The predicted molar refractivity (Wildman–Crippen MR) is 99.8 cm³/mol. The molecule has 2 aliphatic heterocycles. The number of piperidine rings is 1. The number of anilines is 1. The van der Waals surface area contributed by atoms with E-state index in [1.54, 1.807) is 17.0 Å². The summed E-state index contributed by atoms with van der Waals surface area (Å²) in [5.41, 5.74) is 0.00131. The van der Waals surface area contributed by atoms with Crippen molar-refractivity contribution in [2.24, 2.45) is 5.92 Å². The molecule has 1 unspecified atom stereocenters. The van der Waals surface area contributed by atoms with Crippen LogP contribution in [0.4, 0.5) is 10.1 Å². The van der Waals surface area contributed by atoms with E-state index in [0.717, 1.165) is 45.1 Å². The van der Waals surface area contributed by atoms with Crippen LogP contribution in [0.15, 0.2) is 24.3 Å². The fraction of sp³-hybridized carbons (Fsp3) is 0.619. The molecule has 1 atom stereocenters. The summed E-state index contributed by atoms with van der Waals surface area (Å²) in [5.74, 6) is -0.148. The summed E-state index contributed by atoms with van der Waals surface area (Å²) < 4.78 is 19.6. The largest absolute Gasteiger partial charge is 0.361 e. The van der Waals surface area contributed by atoms with Crippen LogP contribution in [0.2, 0.25) is 0 Å². The van der Waals surface area contributed by atoms with Crippen molar-refractivity contribution < 1.29 is 18.7 Å². The molecule has 27 heavy (non-hydrogen) atoms. The quantitative estimate of drug-likeness (QED) is 0.799. The van der Waals surface area contributed by atoms with Crippen molar-refractivity contribution in [2.45, 2.75) is 50.5 Å². The number of hydrogen-bond donors (Lipinski definition) is 0. The zero-order valence-electron chi connectivity index (χ0n) is 15.7. The Hall–Kier alpha value is -1.95. The van der Waals surface area contributed by atoms with Gasteiger partial charge in [0.1, 0.15) is 18.0 Å². The molecule has 2 amide bonds. The Labute approximate surface area is 159 Å². The molecule has 0 aromatic heterocycles. The number of carbonyl (C=O) groups is 2. The van der Waals surface area contributed by atoms with Crippen LogP contribution in [0, 0.1) is 11.7 Å². The highest BCUT2D eigenvalue weighted by molar-refractivity contribution is 5.95. The number of morpholine rings is 1. The van der Waals surface area contributed by atoms with Crippen LogP contribution in [0.1, 0.15) is 44.9 Å². The van der Waals surface area contributed by atoms with Crippen molar-refractivity contribution in [3.8, 4) is 0 Å². The molecule has 0 N–H and O–H groups in total. The predicted octanol–water partition coefficient (Wildman–Crippen LogP) is 3.13. The van der Waals surface area contributed by atoms with Gasteiger partial charge in [-0.05, 0) is 43.9 Å². The minimum atomic E-state index is -0.553. The van der Waals surface area contributed by atoms with Crippen LogP contribution in [0.25, 0.3) is 0 Å². The van der Waals surface area contributed by atoms with Gasteiger partial charge in [-0.1, -0.05) is 25.3 Å². The number of hydrogen-bond acceptors (Lipinski definition) is 3. The van der Waals surface area contributed by atoms with Crippen molar-refractivity contribution in [1.29, 1.82) is 0 Å². The van der Waals surface area contributed by atoms with E-state index < -0.39 is 5.60 Å². The lowest BCUT2D eigenvalue weighted by molar-refractivity contribution is -0.156. The maximum absolute atomic E-state index is 13.6. The summed E-state index contributed by atoms with van der Waals surface area (Å²) in [4.78, 5) is 28.9. The molecule has 4 rings (SSSR count). The molecule has 146 valence electrons. The lowest BCUT2D eigenvalue weighted by Gasteiger charge is -2.48. The Bertz CT molecular complexity index is 719. The van der Waals surface area contributed by atoms with E-state index in [1.165, 1.54) is 18.6 Å². The van der Waals surface area contributed by atoms with Crippen LogP contribution in [0.3, 0.4) is 0 Å². The van der Waals surface area contributed by atoms with E-state index in [-0.39, 0.29) is 30.2 Å². The summed E-state index contributed by atoms with van der Waals surface area (Å²) in [7, 11) is 0. The number of benzene rings is 1. The molecule has 1 spiro atoms. The summed E-state index contributed by atoms with van der Waals surface area (Å²) in [5, 5.41) is 0. The molecular weight excluding hydrogens is 347 g/mol. The third kappa shape index (κ3) is 3.86. The van der Waals surface area contributed by atoms with Crippen molar-refractivity contribution in [2.75, 3.05) is 31.1 Å². The zero-order chi connectivity index (χ0) is 18.9. The average molecular weight is 374 g/mol. The Morgan fingerprint density at radius 2 is 1.96 bits per heavy atom. The van der Waals surface area contributed by atoms with Crippen molar-refractivity contribution in [3.05, 3.63) is 30.1 Å². The lowest BCUT2D eigenvalue weighted by atomic mass is 9.85. The normalized spacial score (nSPS) is 27.2. The molecule has 3 aliphatic rings. The Morgan fingerprint density at radius 1 is 1.15 bits per heavy atom. The van der Waals surface area contributed by atoms with Gasteiger partial charge in [-0.2, -0.15) is 0 Å². The topological polar surface area (TPSA) is 49.9 Å². The monoisotopic (exact) mass is 374 g/mol. The van der Waals surface area contributed by atoms with Crippen molar-refractivity contribution >= 4 is 17.5 Å². The number of rotatable bonds is 2. The van der Waals surface area contributed by atoms with Gasteiger partial charge in [-0.15, -0.1) is 0 Å². The minimum absolute atomic E-state index is 0.0258. The first-order chi connectivity index (χ1) is 13.1. The number of halogens is 1. The highest BCUT2D eigenvalue weighted by Crippen LogP contribution is 2.34. The van der Waals surface area contributed by atoms with Gasteiger partial charge in [0.15, 0.2) is 0 Å². The first kappa shape index (κ1) is 18.4. The molecule has 1 aliphatic carbocycles. The standard InChI is InChI=1S/C21H27FN2O3/c22-17-8-4-9-18(12-17)24-15-21(27-13-19(24)25)10-5-11-23(14-21)20(26)16-6-2-1-3-7-16/h4,8-9,12,16H,1-3,5-7,10-11,13-15H2. The van der Waals surface area contributed by atoms with Gasteiger partial charge in [0.05, 0.1) is 13.1 Å². The number of likely N-dealkylation sites (tertiary alicyclic amines) is 1. The summed E-state index contributed by atoms with van der Waals surface area (Å²) in [6.45, 7) is 1.61. The molecule has 2 saturated heterocycles. The number of amides is 2. The number of carbonyl (C=O) groups excluding carboxylic acids is 2. The van der Waals surface area contributed by atoms with Gasteiger partial charge < -0.3 is 14.5 Å². The second-order valence-electron chi connectivity index (χ2n) is 8.13. The van der Waals surface area contributed by atoms with Crippen molar-refractivity contribution in [1.82, 2.24) is 4.90 Å². The first-order valence-electron chi connectivity index (χ1n) is 10.1. The molecule has 1 aromatic carbocycles. The van der Waals surface area contributed by atoms with Crippen molar-refractivity contribution in [3.63, 3.8) is 0 Å². The smallest absolute Gasteiger partial charge is 0.253 e. The van der Waals surface area contributed by atoms with Crippen LogP contribution < -0.4 is 4.90 Å². The van der Waals surface area contributed by atoms with Gasteiger partial charge in [0.2, 0.25) is 5.91 Å². The SMILES string of the molecule is O=C(C1CCCCC1)N1CCCC2(C1)CN(c1cccc(F)c1)C(=O)CO2. The van der Waals surface area contributed by atoms with Gasteiger partial charge >= 0.3 is 0 Å². The average Bonchev–Trinajstić information content (AvgIpc) is 2.70. The molecular formula is C21H27FN2O3. The maximum Gasteiger partial charge on any atom is 0.253 e. The molecule has 2 heterocycles. The maximum atomic E-state index is 13.6. The van der Waals surface area contributed by atoms with Crippen LogP contribution in [-0.2, 0) is 14.3 Å². The van der Waals surface area contributed by atoms with Crippen LogP contribution in [0.5, 0.6) is 0 Å². The lowest BCUT2D eigenvalue weighted by Crippen LogP contribution is -2.62. The minimum Gasteiger partial charge on any atom is -0.361 e. The Balaban J connectivity index is 1.50. The molecule has 0 bridgehead atoms. The second-order valence-corrected chi connectivity index (χ2v) is 8.13. The Kier molecular flexibility index (Phi) is 5.17. The first-order valence-corrected chi connectivity index (χ1v) is 10.1.